The second kappa shape index (κ2) is 6.42. The Morgan fingerprint density at radius 3 is 2.76 bits per heavy atom. The molecular formula is C16H18FN3O. The van der Waals surface area contributed by atoms with Crippen LogP contribution in [0, 0.1) is 17.1 Å². The van der Waals surface area contributed by atoms with Crippen molar-refractivity contribution in [2.45, 2.75) is 19.5 Å². The Morgan fingerprint density at radius 1 is 1.43 bits per heavy atom. The number of rotatable bonds is 5. The van der Waals surface area contributed by atoms with Crippen LogP contribution in [0.25, 0.3) is 0 Å². The van der Waals surface area contributed by atoms with Crippen molar-refractivity contribution in [3.63, 3.8) is 0 Å². The molecule has 0 spiro atoms. The number of nitrogens with zero attached hydrogens (tertiary/aromatic N) is 2. The fourth-order valence-electron chi connectivity index (χ4n) is 2.18. The van der Waals surface area contributed by atoms with Gasteiger partial charge in [0.2, 0.25) is 0 Å². The first-order valence-electron chi connectivity index (χ1n) is 6.67. The molecule has 1 atom stereocenters. The van der Waals surface area contributed by atoms with Crippen molar-refractivity contribution in [3.05, 3.63) is 53.1 Å². The van der Waals surface area contributed by atoms with Gasteiger partial charge in [-0.15, -0.1) is 0 Å². The van der Waals surface area contributed by atoms with Crippen LogP contribution in [0.4, 0.5) is 4.39 Å². The van der Waals surface area contributed by atoms with Gasteiger partial charge in [0.05, 0.1) is 7.11 Å². The summed E-state index contributed by atoms with van der Waals surface area (Å²) in [6.45, 7) is 2.58. The van der Waals surface area contributed by atoms with E-state index in [0.29, 0.717) is 12.2 Å². The molecule has 1 aromatic heterocycles. The Bertz CT molecular complexity index is 673. The SMILES string of the molecule is COc1ccc(C(C)NCc2cc(C#N)n(C)c2)cc1F. The van der Waals surface area contributed by atoms with Crippen LogP contribution in [-0.2, 0) is 13.6 Å². The van der Waals surface area contributed by atoms with Crippen LogP contribution in [0.3, 0.4) is 0 Å². The first-order valence-corrected chi connectivity index (χ1v) is 6.67. The second-order valence-corrected chi connectivity index (χ2v) is 4.95. The minimum atomic E-state index is -0.366. The molecule has 1 unspecified atom stereocenters. The van der Waals surface area contributed by atoms with Crippen molar-refractivity contribution in [2.24, 2.45) is 7.05 Å². The minimum Gasteiger partial charge on any atom is -0.494 e. The highest BCUT2D eigenvalue weighted by atomic mass is 19.1. The van der Waals surface area contributed by atoms with Gasteiger partial charge in [-0.05, 0) is 36.2 Å². The van der Waals surface area contributed by atoms with Gasteiger partial charge in [0.1, 0.15) is 11.8 Å². The maximum Gasteiger partial charge on any atom is 0.165 e. The summed E-state index contributed by atoms with van der Waals surface area (Å²) in [5.41, 5.74) is 2.49. The van der Waals surface area contributed by atoms with Crippen LogP contribution < -0.4 is 10.1 Å². The fraction of sp³-hybridized carbons (Fsp3) is 0.312. The molecule has 1 N–H and O–H groups in total. The van der Waals surface area contributed by atoms with Crippen molar-refractivity contribution in [1.82, 2.24) is 9.88 Å². The predicted octanol–water partition coefficient (Wildman–Crippen LogP) is 2.90. The molecule has 1 heterocycles. The lowest BCUT2D eigenvalue weighted by Crippen LogP contribution is -2.18. The van der Waals surface area contributed by atoms with Crippen molar-refractivity contribution in [2.75, 3.05) is 7.11 Å². The van der Waals surface area contributed by atoms with Gasteiger partial charge in [-0.1, -0.05) is 6.07 Å². The third kappa shape index (κ3) is 3.41. The molecule has 2 rings (SSSR count). The minimum absolute atomic E-state index is 0.00357. The van der Waals surface area contributed by atoms with Gasteiger partial charge in [0.25, 0.3) is 0 Å². The molecule has 0 aliphatic carbocycles. The Kier molecular flexibility index (Phi) is 4.61. The average molecular weight is 287 g/mol. The number of aromatic nitrogens is 1. The number of nitrogens with one attached hydrogen (secondary N) is 1. The zero-order valence-electron chi connectivity index (χ0n) is 12.4. The molecular weight excluding hydrogens is 269 g/mol. The van der Waals surface area contributed by atoms with Crippen LogP contribution in [0.5, 0.6) is 5.75 Å². The molecule has 0 saturated heterocycles. The van der Waals surface area contributed by atoms with Gasteiger partial charge in [-0.3, -0.25) is 0 Å². The summed E-state index contributed by atoms with van der Waals surface area (Å²) in [4.78, 5) is 0. The molecule has 1 aromatic carbocycles. The molecule has 0 radical (unpaired) electrons. The molecule has 4 nitrogen and oxygen atoms in total. The molecule has 0 fully saturated rings. The molecule has 0 amide bonds. The fourth-order valence-corrected chi connectivity index (χ4v) is 2.18. The lowest BCUT2D eigenvalue weighted by Gasteiger charge is -2.14. The van der Waals surface area contributed by atoms with Crippen LogP contribution in [0.2, 0.25) is 0 Å². The number of hydrogen-bond donors (Lipinski definition) is 1. The molecule has 0 saturated carbocycles. The topological polar surface area (TPSA) is 50.0 Å². The largest absolute Gasteiger partial charge is 0.494 e. The van der Waals surface area contributed by atoms with Gasteiger partial charge in [-0.25, -0.2) is 4.39 Å². The third-order valence-electron chi connectivity index (χ3n) is 3.46. The standard InChI is InChI=1S/C16H18FN3O/c1-11(13-4-5-16(21-3)15(17)7-13)19-9-12-6-14(8-18)20(2)10-12/h4-7,10-11,19H,9H2,1-3H3. The van der Waals surface area contributed by atoms with Crippen molar-refractivity contribution in [3.8, 4) is 11.8 Å². The monoisotopic (exact) mass is 287 g/mol. The summed E-state index contributed by atoms with van der Waals surface area (Å²) in [6, 6.07) is 8.90. The Balaban J connectivity index is 2.02. The summed E-state index contributed by atoms with van der Waals surface area (Å²) < 4.78 is 20.4. The van der Waals surface area contributed by atoms with E-state index < -0.39 is 0 Å². The number of ether oxygens (including phenoxy) is 1. The first-order chi connectivity index (χ1) is 10.0. The number of methoxy groups -OCH3 is 1. The van der Waals surface area contributed by atoms with Crippen LogP contribution >= 0.6 is 0 Å². The van der Waals surface area contributed by atoms with E-state index >= 15 is 0 Å². The van der Waals surface area contributed by atoms with E-state index in [2.05, 4.69) is 11.4 Å². The number of nitriles is 1. The van der Waals surface area contributed by atoms with Gasteiger partial charge < -0.3 is 14.6 Å². The summed E-state index contributed by atoms with van der Waals surface area (Å²) in [6.07, 6.45) is 1.91. The van der Waals surface area contributed by atoms with E-state index in [1.165, 1.54) is 13.2 Å². The summed E-state index contributed by atoms with van der Waals surface area (Å²) >= 11 is 0. The zero-order valence-corrected chi connectivity index (χ0v) is 12.4. The summed E-state index contributed by atoms with van der Waals surface area (Å²) in [5, 5.41) is 12.2. The van der Waals surface area contributed by atoms with Gasteiger partial charge in [0.15, 0.2) is 11.6 Å². The lowest BCUT2D eigenvalue weighted by atomic mass is 10.1. The Labute approximate surface area is 123 Å². The van der Waals surface area contributed by atoms with Gasteiger partial charge in [0, 0.05) is 25.8 Å². The smallest absolute Gasteiger partial charge is 0.165 e. The predicted molar refractivity (Wildman–Crippen MR) is 78.3 cm³/mol. The third-order valence-corrected chi connectivity index (χ3v) is 3.46. The summed E-state index contributed by atoms with van der Waals surface area (Å²) in [7, 11) is 3.28. The normalized spacial score (nSPS) is 12.0. The summed E-state index contributed by atoms with van der Waals surface area (Å²) in [5.74, 6) is -0.122. The zero-order chi connectivity index (χ0) is 15.4. The van der Waals surface area contributed by atoms with Crippen molar-refractivity contribution in [1.29, 1.82) is 5.26 Å². The van der Waals surface area contributed by atoms with Crippen LogP contribution in [-0.4, -0.2) is 11.7 Å². The van der Waals surface area contributed by atoms with Crippen molar-refractivity contribution < 1.29 is 9.13 Å². The highest BCUT2D eigenvalue weighted by Gasteiger charge is 2.10. The number of benzene rings is 1. The lowest BCUT2D eigenvalue weighted by molar-refractivity contribution is 0.385. The number of halogens is 1. The molecule has 0 aliphatic rings. The van der Waals surface area contributed by atoms with E-state index in [4.69, 9.17) is 10.00 Å². The average Bonchev–Trinajstić information content (AvgIpc) is 2.84. The molecule has 0 aliphatic heterocycles. The van der Waals surface area contributed by atoms with E-state index in [9.17, 15) is 4.39 Å². The van der Waals surface area contributed by atoms with E-state index in [-0.39, 0.29) is 17.6 Å². The molecule has 0 bridgehead atoms. The maximum atomic E-state index is 13.7. The quantitative estimate of drug-likeness (QED) is 0.920. The van der Waals surface area contributed by atoms with Gasteiger partial charge >= 0.3 is 0 Å². The van der Waals surface area contributed by atoms with Gasteiger partial charge in [-0.2, -0.15) is 5.26 Å². The Hall–Kier alpha value is -2.32. The molecule has 5 heteroatoms. The number of aryl methyl sites for hydroxylation is 1. The number of hydrogen-bond acceptors (Lipinski definition) is 3. The highest BCUT2D eigenvalue weighted by Crippen LogP contribution is 2.22. The molecule has 2 aromatic rings. The van der Waals surface area contributed by atoms with Crippen LogP contribution in [0.15, 0.2) is 30.5 Å². The van der Waals surface area contributed by atoms with E-state index in [1.807, 2.05) is 32.3 Å². The van der Waals surface area contributed by atoms with E-state index in [1.54, 1.807) is 10.6 Å². The van der Waals surface area contributed by atoms with E-state index in [0.717, 1.165) is 11.1 Å². The van der Waals surface area contributed by atoms with Crippen molar-refractivity contribution >= 4 is 0 Å². The Morgan fingerprint density at radius 2 is 2.19 bits per heavy atom. The molecule has 21 heavy (non-hydrogen) atoms. The molecule has 110 valence electrons. The second-order valence-electron chi connectivity index (χ2n) is 4.95. The first kappa shape index (κ1) is 15.1. The maximum absolute atomic E-state index is 13.7. The van der Waals surface area contributed by atoms with Crippen LogP contribution in [0.1, 0.15) is 29.8 Å². The highest BCUT2D eigenvalue weighted by molar-refractivity contribution is 5.31.